The molecule has 1 amide bonds. The van der Waals surface area contributed by atoms with Crippen LogP contribution in [-0.2, 0) is 4.79 Å². The number of anilines is 1. The molecular formula is C18H18N2OS2. The second-order valence-corrected chi connectivity index (χ2v) is 7.37. The van der Waals surface area contributed by atoms with Crippen LogP contribution in [0.2, 0.25) is 0 Å². The van der Waals surface area contributed by atoms with Crippen molar-refractivity contribution in [2.45, 2.75) is 28.4 Å². The molecule has 0 aromatic heterocycles. The third-order valence-electron chi connectivity index (χ3n) is 3.04. The van der Waals surface area contributed by atoms with Gasteiger partial charge in [0, 0.05) is 22.0 Å². The zero-order valence-electron chi connectivity index (χ0n) is 12.9. The number of thioether (sulfide) groups is 2. The lowest BCUT2D eigenvalue weighted by atomic mass is 10.3. The summed E-state index contributed by atoms with van der Waals surface area (Å²) in [6.07, 6.45) is 0.493. The molecule has 0 heterocycles. The van der Waals surface area contributed by atoms with E-state index in [1.807, 2.05) is 61.5 Å². The fraction of sp³-hybridized carbons (Fsp3) is 0.222. The molecule has 3 nitrogen and oxygen atoms in total. The van der Waals surface area contributed by atoms with Crippen LogP contribution in [0.5, 0.6) is 0 Å². The van der Waals surface area contributed by atoms with Crippen molar-refractivity contribution in [3.05, 3.63) is 54.6 Å². The highest BCUT2D eigenvalue weighted by molar-refractivity contribution is 8.00. The Morgan fingerprint density at radius 2 is 1.87 bits per heavy atom. The lowest BCUT2D eigenvalue weighted by Gasteiger charge is -2.14. The van der Waals surface area contributed by atoms with Gasteiger partial charge in [-0.3, -0.25) is 4.79 Å². The van der Waals surface area contributed by atoms with Crippen LogP contribution in [0.1, 0.15) is 13.3 Å². The van der Waals surface area contributed by atoms with E-state index in [-0.39, 0.29) is 11.2 Å². The van der Waals surface area contributed by atoms with E-state index >= 15 is 0 Å². The number of benzene rings is 2. The van der Waals surface area contributed by atoms with Crippen LogP contribution < -0.4 is 5.32 Å². The minimum absolute atomic E-state index is 0.0211. The van der Waals surface area contributed by atoms with Gasteiger partial charge in [0.15, 0.2) is 0 Å². The predicted octanol–water partition coefficient (Wildman–Crippen LogP) is 4.81. The first-order valence-corrected chi connectivity index (χ1v) is 9.18. The molecule has 118 valence electrons. The first-order chi connectivity index (χ1) is 11.2. The van der Waals surface area contributed by atoms with Gasteiger partial charge in [0.25, 0.3) is 0 Å². The molecule has 2 aromatic carbocycles. The standard InChI is InChI=1S/C18H18N2OS2/c1-14(23-15-8-3-2-4-9-15)18(21)20-16-10-5-6-11-17(16)22-13-7-12-19/h2-6,8-11,14H,7,13H2,1H3,(H,20,21). The van der Waals surface area contributed by atoms with Crippen LogP contribution in [-0.4, -0.2) is 16.9 Å². The molecule has 0 spiro atoms. The zero-order chi connectivity index (χ0) is 16.5. The third-order valence-corrected chi connectivity index (χ3v) is 5.23. The van der Waals surface area contributed by atoms with E-state index in [1.54, 1.807) is 11.8 Å². The van der Waals surface area contributed by atoms with Gasteiger partial charge in [0.1, 0.15) is 0 Å². The fourth-order valence-corrected chi connectivity index (χ4v) is 3.64. The SMILES string of the molecule is CC(Sc1ccccc1)C(=O)Nc1ccccc1SCCC#N. The summed E-state index contributed by atoms with van der Waals surface area (Å²) in [5, 5.41) is 11.4. The van der Waals surface area contributed by atoms with E-state index < -0.39 is 0 Å². The van der Waals surface area contributed by atoms with E-state index in [1.165, 1.54) is 11.8 Å². The summed E-state index contributed by atoms with van der Waals surface area (Å²) < 4.78 is 0. The predicted molar refractivity (Wildman–Crippen MR) is 97.8 cm³/mol. The maximum absolute atomic E-state index is 12.4. The van der Waals surface area contributed by atoms with Crippen LogP contribution in [0.4, 0.5) is 5.69 Å². The van der Waals surface area contributed by atoms with E-state index in [0.29, 0.717) is 6.42 Å². The number of rotatable bonds is 7. The molecule has 0 saturated carbocycles. The summed E-state index contributed by atoms with van der Waals surface area (Å²) in [6, 6.07) is 19.7. The molecule has 0 aliphatic heterocycles. The maximum atomic E-state index is 12.4. The Morgan fingerprint density at radius 3 is 2.61 bits per heavy atom. The highest BCUT2D eigenvalue weighted by Gasteiger charge is 2.15. The van der Waals surface area contributed by atoms with Crippen molar-refractivity contribution in [2.24, 2.45) is 0 Å². The number of hydrogen-bond donors (Lipinski definition) is 1. The average molecular weight is 342 g/mol. The minimum Gasteiger partial charge on any atom is -0.324 e. The largest absolute Gasteiger partial charge is 0.324 e. The highest BCUT2D eigenvalue weighted by atomic mass is 32.2. The first kappa shape index (κ1) is 17.5. The molecule has 23 heavy (non-hydrogen) atoms. The van der Waals surface area contributed by atoms with Crippen molar-refractivity contribution < 1.29 is 4.79 Å². The molecule has 2 rings (SSSR count). The summed E-state index contributed by atoms with van der Waals surface area (Å²) >= 11 is 3.12. The van der Waals surface area contributed by atoms with Gasteiger partial charge >= 0.3 is 0 Å². The molecule has 0 bridgehead atoms. The molecular weight excluding hydrogens is 324 g/mol. The smallest absolute Gasteiger partial charge is 0.237 e. The lowest BCUT2D eigenvalue weighted by molar-refractivity contribution is -0.115. The summed E-state index contributed by atoms with van der Waals surface area (Å²) in [4.78, 5) is 14.5. The molecule has 0 saturated heterocycles. The number of carbonyl (C=O) groups excluding carboxylic acids is 1. The summed E-state index contributed by atoms with van der Waals surface area (Å²) in [5.74, 6) is 0.699. The van der Waals surface area contributed by atoms with E-state index in [0.717, 1.165) is 21.2 Å². The highest BCUT2D eigenvalue weighted by Crippen LogP contribution is 2.29. The molecule has 1 atom stereocenters. The van der Waals surface area contributed by atoms with Crippen LogP contribution in [0, 0.1) is 11.3 Å². The average Bonchev–Trinajstić information content (AvgIpc) is 2.57. The Bertz CT molecular complexity index is 683. The Labute approximate surface area is 145 Å². The van der Waals surface area contributed by atoms with Crippen LogP contribution in [0.15, 0.2) is 64.4 Å². The molecule has 5 heteroatoms. The maximum Gasteiger partial charge on any atom is 0.237 e. The number of nitriles is 1. The molecule has 1 N–H and O–H groups in total. The van der Waals surface area contributed by atoms with Gasteiger partial charge in [-0.15, -0.1) is 23.5 Å². The van der Waals surface area contributed by atoms with Gasteiger partial charge in [-0.25, -0.2) is 0 Å². The summed E-state index contributed by atoms with van der Waals surface area (Å²) in [6.45, 7) is 1.90. The Hall–Kier alpha value is -1.90. The van der Waals surface area contributed by atoms with Crippen molar-refractivity contribution in [3.63, 3.8) is 0 Å². The normalized spacial score (nSPS) is 11.5. The van der Waals surface area contributed by atoms with Crippen molar-refractivity contribution in [1.82, 2.24) is 0 Å². The molecule has 0 radical (unpaired) electrons. The summed E-state index contributed by atoms with van der Waals surface area (Å²) in [7, 11) is 0. The summed E-state index contributed by atoms with van der Waals surface area (Å²) in [5.41, 5.74) is 0.806. The Balaban J connectivity index is 1.98. The molecule has 0 fully saturated rings. The minimum atomic E-state index is -0.186. The van der Waals surface area contributed by atoms with Crippen molar-refractivity contribution in [3.8, 4) is 6.07 Å². The van der Waals surface area contributed by atoms with Gasteiger partial charge in [-0.05, 0) is 31.2 Å². The Kier molecular flexibility index (Phi) is 7.05. The van der Waals surface area contributed by atoms with Gasteiger partial charge in [0.05, 0.1) is 17.0 Å². The van der Waals surface area contributed by atoms with Crippen LogP contribution in [0.3, 0.4) is 0 Å². The zero-order valence-corrected chi connectivity index (χ0v) is 14.5. The first-order valence-electron chi connectivity index (χ1n) is 7.32. The molecule has 1 unspecified atom stereocenters. The third kappa shape index (κ3) is 5.66. The van der Waals surface area contributed by atoms with Crippen molar-refractivity contribution in [1.29, 1.82) is 5.26 Å². The van der Waals surface area contributed by atoms with Gasteiger partial charge < -0.3 is 5.32 Å². The van der Waals surface area contributed by atoms with Crippen LogP contribution in [0.25, 0.3) is 0 Å². The molecule has 2 aromatic rings. The second-order valence-electron chi connectivity index (χ2n) is 4.82. The van der Waals surface area contributed by atoms with Crippen LogP contribution >= 0.6 is 23.5 Å². The van der Waals surface area contributed by atoms with E-state index in [2.05, 4.69) is 11.4 Å². The number of nitrogens with one attached hydrogen (secondary N) is 1. The number of hydrogen-bond acceptors (Lipinski definition) is 4. The topological polar surface area (TPSA) is 52.9 Å². The van der Waals surface area contributed by atoms with E-state index in [4.69, 9.17) is 5.26 Å². The van der Waals surface area contributed by atoms with Gasteiger partial charge in [0.2, 0.25) is 5.91 Å². The Morgan fingerprint density at radius 1 is 1.17 bits per heavy atom. The van der Waals surface area contributed by atoms with Gasteiger partial charge in [-0.1, -0.05) is 30.3 Å². The number of para-hydroxylation sites is 1. The molecule has 0 aliphatic rings. The van der Waals surface area contributed by atoms with E-state index in [9.17, 15) is 4.79 Å². The van der Waals surface area contributed by atoms with Crippen molar-refractivity contribution in [2.75, 3.05) is 11.1 Å². The lowest BCUT2D eigenvalue weighted by Crippen LogP contribution is -2.22. The number of carbonyl (C=O) groups is 1. The second kappa shape index (κ2) is 9.29. The monoisotopic (exact) mass is 342 g/mol. The van der Waals surface area contributed by atoms with Crippen molar-refractivity contribution >= 4 is 35.1 Å². The molecule has 0 aliphatic carbocycles. The van der Waals surface area contributed by atoms with Gasteiger partial charge in [-0.2, -0.15) is 5.26 Å². The number of nitrogens with zero attached hydrogens (tertiary/aromatic N) is 1. The fourth-order valence-electron chi connectivity index (χ4n) is 1.89. The quantitative estimate of drug-likeness (QED) is 0.579. The number of amides is 1.